The van der Waals surface area contributed by atoms with Crippen molar-refractivity contribution in [3.05, 3.63) is 83.9 Å². The highest BCUT2D eigenvalue weighted by atomic mass is 32.2. The number of anilines is 1. The molecule has 6 nitrogen and oxygen atoms in total. The van der Waals surface area contributed by atoms with E-state index < -0.39 is 0 Å². The van der Waals surface area contributed by atoms with E-state index in [4.69, 9.17) is 4.42 Å². The Morgan fingerprint density at radius 1 is 1.12 bits per heavy atom. The molecule has 1 N–H and O–H groups in total. The van der Waals surface area contributed by atoms with Crippen molar-refractivity contribution in [3.8, 4) is 24.2 Å². The first kappa shape index (κ1) is 31.1. The van der Waals surface area contributed by atoms with Gasteiger partial charge in [0.2, 0.25) is 5.91 Å². The lowest BCUT2D eigenvalue weighted by molar-refractivity contribution is -0.133. The molecule has 1 aliphatic carbocycles. The lowest BCUT2D eigenvalue weighted by atomic mass is 10.1. The number of nitrogens with one attached hydrogen (secondary N) is 1. The Morgan fingerprint density at radius 2 is 1.86 bits per heavy atom. The minimum Gasteiger partial charge on any atom is -0.456 e. The van der Waals surface area contributed by atoms with Crippen molar-refractivity contribution in [2.75, 3.05) is 37.7 Å². The van der Waals surface area contributed by atoms with Gasteiger partial charge in [0.15, 0.2) is 0 Å². The Bertz CT molecular complexity index is 1470. The summed E-state index contributed by atoms with van der Waals surface area (Å²) in [6.07, 6.45) is 16.5. The largest absolute Gasteiger partial charge is 0.456 e. The van der Waals surface area contributed by atoms with Crippen molar-refractivity contribution in [3.63, 3.8) is 0 Å². The van der Waals surface area contributed by atoms with Gasteiger partial charge in [-0.15, -0.1) is 12.8 Å². The Hall–Kier alpha value is -3.80. The van der Waals surface area contributed by atoms with Gasteiger partial charge in [-0.2, -0.15) is 0 Å². The van der Waals surface area contributed by atoms with Crippen LogP contribution in [0.2, 0.25) is 0 Å². The van der Waals surface area contributed by atoms with E-state index in [-0.39, 0.29) is 11.7 Å². The van der Waals surface area contributed by atoms with Gasteiger partial charge in [-0.1, -0.05) is 18.0 Å². The Kier molecular flexibility index (Phi) is 11.0. The van der Waals surface area contributed by atoms with Crippen molar-refractivity contribution in [2.24, 2.45) is 5.92 Å². The van der Waals surface area contributed by atoms with E-state index in [9.17, 15) is 9.18 Å². The molecule has 0 spiro atoms. The number of piperidine rings is 1. The molecule has 1 amide bonds. The lowest BCUT2D eigenvalue weighted by Gasteiger charge is -2.26. The summed E-state index contributed by atoms with van der Waals surface area (Å²) in [5, 5.41) is 4.26. The van der Waals surface area contributed by atoms with Crippen LogP contribution >= 0.6 is 11.9 Å². The van der Waals surface area contributed by atoms with Crippen LogP contribution < -0.4 is 9.62 Å². The first-order valence-electron chi connectivity index (χ1n) is 14.3. The predicted molar refractivity (Wildman–Crippen MR) is 172 cm³/mol. The summed E-state index contributed by atoms with van der Waals surface area (Å²) >= 11 is 1.64. The lowest BCUT2D eigenvalue weighted by Crippen LogP contribution is -2.36. The van der Waals surface area contributed by atoms with E-state index in [0.29, 0.717) is 18.4 Å². The summed E-state index contributed by atoms with van der Waals surface area (Å²) in [6.45, 7) is 2.62. The van der Waals surface area contributed by atoms with Gasteiger partial charge in [-0.05, 0) is 81.3 Å². The number of hydrogen-bond acceptors (Lipinski definition) is 6. The number of amides is 1. The highest BCUT2D eigenvalue weighted by molar-refractivity contribution is 7.99. The van der Waals surface area contributed by atoms with Gasteiger partial charge in [-0.3, -0.25) is 9.78 Å². The molecule has 1 saturated carbocycles. The third-order valence-corrected chi connectivity index (χ3v) is 8.48. The fourth-order valence-corrected chi connectivity index (χ4v) is 5.69. The van der Waals surface area contributed by atoms with Crippen LogP contribution in [0.25, 0.3) is 22.3 Å². The van der Waals surface area contributed by atoms with E-state index in [2.05, 4.69) is 44.5 Å². The SMILES string of the molecule is C#C.CNCc1c(-c2ccc(F)cc2)oc2cc(N(C)SC)ccc12.O=C(C1CC1c1ccccn1)N1CCCCC1. The molecular formula is C34H39FN4O2S. The molecule has 0 bridgehead atoms. The van der Waals surface area contributed by atoms with Crippen LogP contribution in [0.15, 0.2) is 71.3 Å². The number of fused-ring (bicyclic) bond motifs is 1. The molecule has 6 rings (SSSR count). The number of rotatable bonds is 7. The van der Waals surface area contributed by atoms with Crippen LogP contribution in [0.3, 0.4) is 0 Å². The molecule has 0 radical (unpaired) electrons. The van der Waals surface area contributed by atoms with Gasteiger partial charge in [-0.25, -0.2) is 4.39 Å². The average Bonchev–Trinajstić information content (AvgIpc) is 3.78. The van der Waals surface area contributed by atoms with Crippen LogP contribution in [0.5, 0.6) is 0 Å². The second-order valence-electron chi connectivity index (χ2n) is 10.4. The second kappa shape index (κ2) is 14.9. The fourth-order valence-electron chi connectivity index (χ4n) is 5.37. The summed E-state index contributed by atoms with van der Waals surface area (Å²) in [4.78, 5) is 18.6. The normalized spacial score (nSPS) is 17.4. The number of furan rings is 1. The highest BCUT2D eigenvalue weighted by Crippen LogP contribution is 2.47. The molecule has 1 saturated heterocycles. The molecule has 2 unspecified atom stereocenters. The monoisotopic (exact) mass is 586 g/mol. The maximum absolute atomic E-state index is 13.2. The van der Waals surface area contributed by atoms with Crippen molar-refractivity contribution in [1.82, 2.24) is 15.2 Å². The number of carbonyl (C=O) groups excluding carboxylic acids is 1. The molecule has 8 heteroatoms. The molecule has 220 valence electrons. The number of aromatic nitrogens is 1. The third-order valence-electron chi connectivity index (χ3n) is 7.72. The molecule has 42 heavy (non-hydrogen) atoms. The zero-order valence-electron chi connectivity index (χ0n) is 24.6. The van der Waals surface area contributed by atoms with Gasteiger partial charge < -0.3 is 18.9 Å². The van der Waals surface area contributed by atoms with Crippen molar-refractivity contribution in [2.45, 2.75) is 38.1 Å². The number of pyridine rings is 1. The van der Waals surface area contributed by atoms with E-state index in [1.54, 1.807) is 24.1 Å². The molecule has 2 aromatic heterocycles. The highest BCUT2D eigenvalue weighted by Gasteiger charge is 2.46. The number of likely N-dealkylation sites (tertiary alicyclic amines) is 1. The molecule has 2 aliphatic rings. The van der Waals surface area contributed by atoms with Crippen LogP contribution in [0.4, 0.5) is 10.1 Å². The van der Waals surface area contributed by atoms with Crippen molar-refractivity contribution < 1.29 is 13.6 Å². The Balaban J connectivity index is 0.000000189. The van der Waals surface area contributed by atoms with Crippen LogP contribution in [-0.4, -0.2) is 49.2 Å². The first-order valence-corrected chi connectivity index (χ1v) is 15.4. The smallest absolute Gasteiger partial charge is 0.226 e. The number of hydrogen-bond donors (Lipinski definition) is 1. The van der Waals surface area contributed by atoms with Gasteiger partial charge in [0, 0.05) is 79.2 Å². The second-order valence-corrected chi connectivity index (χ2v) is 11.3. The van der Waals surface area contributed by atoms with E-state index in [1.165, 1.54) is 31.4 Å². The fraction of sp³-hybridized carbons (Fsp3) is 0.353. The van der Waals surface area contributed by atoms with Crippen LogP contribution in [0.1, 0.15) is 42.9 Å². The van der Waals surface area contributed by atoms with Crippen LogP contribution in [-0.2, 0) is 11.3 Å². The molecule has 1 aliphatic heterocycles. The Labute approximate surface area is 252 Å². The molecule has 2 fully saturated rings. The zero-order chi connectivity index (χ0) is 30.1. The predicted octanol–water partition coefficient (Wildman–Crippen LogP) is 7.12. The molecule has 2 aromatic carbocycles. The zero-order valence-corrected chi connectivity index (χ0v) is 25.4. The standard InChI is InChI=1S/C18H19FN2OS.C14H18N2O.C2H2/c1-20-11-16-15-9-8-14(21(2)23-3)10-17(15)22-18(16)12-4-6-13(19)7-5-12;17-14(16-8-4-1-5-9-16)12-10-11(12)13-6-2-3-7-15-13;1-2/h4-10,20H,11H2,1-3H3;2-3,6-7,11-12H,1,4-5,8-10H2;1-2H. The van der Waals surface area contributed by atoms with Gasteiger partial charge in [0.05, 0.1) is 5.69 Å². The van der Waals surface area contributed by atoms with E-state index >= 15 is 0 Å². The number of halogens is 1. The molecule has 3 heterocycles. The Morgan fingerprint density at radius 3 is 2.50 bits per heavy atom. The summed E-state index contributed by atoms with van der Waals surface area (Å²) in [5.41, 5.74) is 4.98. The van der Waals surface area contributed by atoms with E-state index in [0.717, 1.165) is 58.7 Å². The summed E-state index contributed by atoms with van der Waals surface area (Å²) in [6, 6.07) is 18.6. The van der Waals surface area contributed by atoms with Gasteiger partial charge in [0.1, 0.15) is 17.2 Å². The number of carbonyl (C=O) groups is 1. The number of terminal acetylenes is 1. The minimum absolute atomic E-state index is 0.211. The number of benzene rings is 2. The van der Waals surface area contributed by atoms with Crippen LogP contribution in [0, 0.1) is 24.6 Å². The van der Waals surface area contributed by atoms with E-state index in [1.807, 2.05) is 50.8 Å². The maximum Gasteiger partial charge on any atom is 0.226 e. The maximum atomic E-state index is 13.2. The molecule has 4 aromatic rings. The average molecular weight is 587 g/mol. The summed E-state index contributed by atoms with van der Waals surface area (Å²) < 4.78 is 21.4. The molecular weight excluding hydrogens is 547 g/mol. The van der Waals surface area contributed by atoms with Gasteiger partial charge in [0.25, 0.3) is 0 Å². The number of nitrogens with zero attached hydrogens (tertiary/aromatic N) is 3. The summed E-state index contributed by atoms with van der Waals surface area (Å²) in [7, 11) is 3.92. The molecule has 2 atom stereocenters. The van der Waals surface area contributed by atoms with Crippen molar-refractivity contribution in [1.29, 1.82) is 0 Å². The quantitative estimate of drug-likeness (QED) is 0.184. The third kappa shape index (κ3) is 7.33. The van der Waals surface area contributed by atoms with Crippen molar-refractivity contribution >= 4 is 34.5 Å². The van der Waals surface area contributed by atoms with Gasteiger partial charge >= 0.3 is 0 Å². The first-order chi connectivity index (χ1) is 20.5. The summed E-state index contributed by atoms with van der Waals surface area (Å²) in [5.74, 6) is 1.50. The minimum atomic E-state index is -0.246. The topological polar surface area (TPSA) is 61.6 Å².